The van der Waals surface area contributed by atoms with Gasteiger partial charge >= 0.3 is 0 Å². The highest BCUT2D eigenvalue weighted by Gasteiger charge is 2.08. The van der Waals surface area contributed by atoms with E-state index >= 15 is 0 Å². The average Bonchev–Trinajstić information content (AvgIpc) is 2.28. The predicted molar refractivity (Wildman–Crippen MR) is 65.9 cm³/mol. The van der Waals surface area contributed by atoms with Crippen LogP contribution < -0.4 is 5.32 Å². The summed E-state index contributed by atoms with van der Waals surface area (Å²) in [5.74, 6) is 1.80. The van der Waals surface area contributed by atoms with Crippen molar-refractivity contribution in [2.75, 3.05) is 25.6 Å². The third-order valence-electron chi connectivity index (χ3n) is 2.52. The first-order chi connectivity index (χ1) is 7.72. The number of anilines is 1. The van der Waals surface area contributed by atoms with Gasteiger partial charge in [0.2, 0.25) is 0 Å². The molecule has 0 aromatic carbocycles. The number of nitrogens with one attached hydrogen (secondary N) is 1. The van der Waals surface area contributed by atoms with Crippen LogP contribution in [0.2, 0.25) is 0 Å². The molecule has 1 N–H and O–H groups in total. The first-order valence-electron chi connectivity index (χ1n) is 5.84. The molecule has 0 saturated heterocycles. The molecular formula is C12H21N3O. The first-order valence-corrected chi connectivity index (χ1v) is 5.84. The van der Waals surface area contributed by atoms with Crippen LogP contribution in [0.1, 0.15) is 30.9 Å². The lowest BCUT2D eigenvalue weighted by atomic mass is 10.1. The molecule has 0 bridgehead atoms. The van der Waals surface area contributed by atoms with Gasteiger partial charge in [-0.1, -0.05) is 6.92 Å². The zero-order valence-corrected chi connectivity index (χ0v) is 10.6. The fourth-order valence-electron chi connectivity index (χ4n) is 1.70. The van der Waals surface area contributed by atoms with Gasteiger partial charge in [0, 0.05) is 31.3 Å². The summed E-state index contributed by atoms with van der Waals surface area (Å²) in [4.78, 5) is 8.99. The predicted octanol–water partition coefficient (Wildman–Crippen LogP) is 1.97. The lowest BCUT2D eigenvalue weighted by molar-refractivity contribution is 0.149. The van der Waals surface area contributed by atoms with Crippen molar-refractivity contribution in [2.24, 2.45) is 0 Å². The van der Waals surface area contributed by atoms with Crippen LogP contribution in [-0.2, 0) is 17.6 Å². The van der Waals surface area contributed by atoms with E-state index < -0.39 is 0 Å². The maximum Gasteiger partial charge on any atom is 0.133 e. The van der Waals surface area contributed by atoms with E-state index in [9.17, 15) is 0 Å². The van der Waals surface area contributed by atoms with Crippen LogP contribution in [0.15, 0.2) is 0 Å². The van der Waals surface area contributed by atoms with Crippen LogP contribution in [0, 0.1) is 6.92 Å². The highest BCUT2D eigenvalue weighted by Crippen LogP contribution is 2.16. The first kappa shape index (κ1) is 12.9. The second-order valence-electron chi connectivity index (χ2n) is 3.60. The fraction of sp³-hybridized carbons (Fsp3) is 0.667. The van der Waals surface area contributed by atoms with Gasteiger partial charge in [0.05, 0.1) is 6.61 Å². The number of hydrogen-bond donors (Lipinski definition) is 1. The second-order valence-corrected chi connectivity index (χ2v) is 3.60. The quantitative estimate of drug-likeness (QED) is 0.749. The molecule has 0 unspecified atom stereocenters. The van der Waals surface area contributed by atoms with Gasteiger partial charge in [-0.3, -0.25) is 0 Å². The lowest BCUT2D eigenvalue weighted by Gasteiger charge is -2.11. The van der Waals surface area contributed by atoms with Gasteiger partial charge in [0.15, 0.2) is 0 Å². The summed E-state index contributed by atoms with van der Waals surface area (Å²) in [6, 6.07) is 0. The Morgan fingerprint density at radius 2 is 2.00 bits per heavy atom. The molecular weight excluding hydrogens is 202 g/mol. The molecule has 1 rings (SSSR count). The highest BCUT2D eigenvalue weighted by molar-refractivity contribution is 5.45. The Labute approximate surface area is 97.5 Å². The van der Waals surface area contributed by atoms with Gasteiger partial charge < -0.3 is 10.1 Å². The second kappa shape index (κ2) is 6.43. The fourth-order valence-corrected chi connectivity index (χ4v) is 1.70. The number of hydrogen-bond acceptors (Lipinski definition) is 4. The zero-order valence-electron chi connectivity index (χ0n) is 10.6. The summed E-state index contributed by atoms with van der Waals surface area (Å²) in [6.07, 6.45) is 1.72. The van der Waals surface area contributed by atoms with Gasteiger partial charge in [0.1, 0.15) is 11.6 Å². The summed E-state index contributed by atoms with van der Waals surface area (Å²) < 4.78 is 5.31. The lowest BCUT2D eigenvalue weighted by Crippen LogP contribution is -2.09. The van der Waals surface area contributed by atoms with Crippen LogP contribution in [0.25, 0.3) is 0 Å². The maximum atomic E-state index is 5.31. The Hall–Kier alpha value is -1.16. The van der Waals surface area contributed by atoms with Gasteiger partial charge in [-0.2, -0.15) is 0 Å². The number of ether oxygens (including phenoxy) is 1. The Morgan fingerprint density at radius 1 is 1.25 bits per heavy atom. The van der Waals surface area contributed by atoms with E-state index in [1.54, 1.807) is 0 Å². The van der Waals surface area contributed by atoms with E-state index in [1.807, 2.05) is 20.9 Å². The molecule has 90 valence electrons. The minimum atomic E-state index is 0.685. The summed E-state index contributed by atoms with van der Waals surface area (Å²) in [5, 5.41) is 3.13. The molecule has 0 aliphatic rings. The Kier molecular flexibility index (Phi) is 5.19. The van der Waals surface area contributed by atoms with Crippen LogP contribution in [0.5, 0.6) is 0 Å². The Morgan fingerprint density at radius 3 is 2.56 bits per heavy atom. The molecule has 0 aliphatic carbocycles. The number of rotatable bonds is 6. The third kappa shape index (κ3) is 3.17. The zero-order chi connectivity index (χ0) is 12.0. The number of nitrogens with zero attached hydrogens (tertiary/aromatic N) is 2. The molecule has 0 saturated carbocycles. The van der Waals surface area contributed by atoms with Crippen LogP contribution >= 0.6 is 0 Å². The molecule has 0 atom stereocenters. The Bertz CT molecular complexity index is 339. The molecule has 0 amide bonds. The van der Waals surface area contributed by atoms with Crippen molar-refractivity contribution >= 4 is 5.82 Å². The van der Waals surface area contributed by atoms with Crippen molar-refractivity contribution in [3.05, 3.63) is 17.1 Å². The summed E-state index contributed by atoms with van der Waals surface area (Å²) in [7, 11) is 1.90. The summed E-state index contributed by atoms with van der Waals surface area (Å²) in [6.45, 7) is 7.57. The molecule has 1 heterocycles. The number of aromatic nitrogens is 2. The van der Waals surface area contributed by atoms with E-state index in [1.165, 1.54) is 5.56 Å². The maximum absolute atomic E-state index is 5.31. The topological polar surface area (TPSA) is 47.0 Å². The molecule has 4 nitrogen and oxygen atoms in total. The van der Waals surface area contributed by atoms with Gasteiger partial charge in [-0.15, -0.1) is 0 Å². The van der Waals surface area contributed by atoms with E-state index in [0.29, 0.717) is 6.61 Å². The minimum Gasteiger partial charge on any atom is -0.381 e. The third-order valence-corrected chi connectivity index (χ3v) is 2.52. The summed E-state index contributed by atoms with van der Waals surface area (Å²) in [5.41, 5.74) is 2.26. The van der Waals surface area contributed by atoms with Crippen molar-refractivity contribution in [1.82, 2.24) is 9.97 Å². The van der Waals surface area contributed by atoms with E-state index in [0.717, 1.165) is 36.8 Å². The van der Waals surface area contributed by atoms with E-state index in [-0.39, 0.29) is 0 Å². The Balaban J connectivity index is 2.83. The number of aryl methyl sites for hydroxylation is 1. The molecule has 1 aromatic heterocycles. The van der Waals surface area contributed by atoms with Crippen LogP contribution in [0.3, 0.4) is 0 Å². The molecule has 0 spiro atoms. The highest BCUT2D eigenvalue weighted by atomic mass is 16.5. The largest absolute Gasteiger partial charge is 0.381 e. The van der Waals surface area contributed by atoms with Crippen LogP contribution in [-0.4, -0.2) is 30.2 Å². The standard InChI is InChI=1S/C12H21N3O/c1-5-10-9(3)14-11(7-8-16-6-2)15-12(10)13-4/h5-8H2,1-4H3,(H,13,14,15). The van der Waals surface area contributed by atoms with Crippen molar-refractivity contribution in [3.8, 4) is 0 Å². The average molecular weight is 223 g/mol. The van der Waals surface area contributed by atoms with Crippen LogP contribution in [0.4, 0.5) is 5.82 Å². The van der Waals surface area contributed by atoms with E-state index in [2.05, 4.69) is 22.2 Å². The molecule has 1 aromatic rings. The van der Waals surface area contributed by atoms with E-state index in [4.69, 9.17) is 4.74 Å². The van der Waals surface area contributed by atoms with Crippen molar-refractivity contribution in [1.29, 1.82) is 0 Å². The van der Waals surface area contributed by atoms with Gasteiger partial charge in [-0.05, 0) is 20.3 Å². The normalized spacial score (nSPS) is 10.5. The minimum absolute atomic E-state index is 0.685. The molecule has 0 fully saturated rings. The molecule has 16 heavy (non-hydrogen) atoms. The monoisotopic (exact) mass is 223 g/mol. The van der Waals surface area contributed by atoms with Gasteiger partial charge in [-0.25, -0.2) is 9.97 Å². The SMILES string of the molecule is CCOCCc1nc(C)c(CC)c(NC)n1. The van der Waals surface area contributed by atoms with Crippen molar-refractivity contribution in [3.63, 3.8) is 0 Å². The van der Waals surface area contributed by atoms with Crippen molar-refractivity contribution in [2.45, 2.75) is 33.6 Å². The molecule has 4 heteroatoms. The molecule has 0 radical (unpaired) electrons. The van der Waals surface area contributed by atoms with Crippen molar-refractivity contribution < 1.29 is 4.74 Å². The van der Waals surface area contributed by atoms with Gasteiger partial charge in [0.25, 0.3) is 0 Å². The molecule has 0 aliphatic heterocycles. The summed E-state index contributed by atoms with van der Waals surface area (Å²) >= 11 is 0. The smallest absolute Gasteiger partial charge is 0.133 e.